The summed E-state index contributed by atoms with van der Waals surface area (Å²) in [6.07, 6.45) is 0.711. The number of benzene rings is 1. The maximum Gasteiger partial charge on any atom is 0.319 e. The van der Waals surface area contributed by atoms with Gasteiger partial charge < -0.3 is 9.30 Å². The molecule has 0 N–H and O–H groups in total. The average molecular weight is 303 g/mol. The van der Waals surface area contributed by atoms with E-state index in [4.69, 9.17) is 4.74 Å². The minimum absolute atomic E-state index is 0.0124. The lowest BCUT2D eigenvalue weighted by Crippen LogP contribution is -2.11. The Kier molecular flexibility index (Phi) is 3.96. The molecular formula is C15H17N3O2S. The van der Waals surface area contributed by atoms with Crippen LogP contribution >= 0.6 is 11.8 Å². The maximum absolute atomic E-state index is 11.8. The van der Waals surface area contributed by atoms with Crippen molar-refractivity contribution in [2.45, 2.75) is 43.3 Å². The van der Waals surface area contributed by atoms with Crippen molar-refractivity contribution in [3.8, 4) is 11.4 Å². The Balaban J connectivity index is 1.87. The van der Waals surface area contributed by atoms with Gasteiger partial charge in [-0.1, -0.05) is 42.1 Å². The molecule has 1 aliphatic heterocycles. The minimum atomic E-state index is -0.182. The molecule has 21 heavy (non-hydrogen) atoms. The molecule has 2 atom stereocenters. The van der Waals surface area contributed by atoms with Crippen molar-refractivity contribution in [3.63, 3.8) is 0 Å². The molecule has 0 aliphatic carbocycles. The third-order valence-corrected chi connectivity index (χ3v) is 4.62. The van der Waals surface area contributed by atoms with Crippen LogP contribution in [-0.4, -0.2) is 32.1 Å². The maximum atomic E-state index is 11.8. The highest BCUT2D eigenvalue weighted by Gasteiger charge is 2.34. The van der Waals surface area contributed by atoms with Crippen LogP contribution in [0.5, 0.6) is 0 Å². The second-order valence-corrected chi connectivity index (χ2v) is 6.18. The van der Waals surface area contributed by atoms with Crippen LogP contribution < -0.4 is 0 Å². The molecule has 0 spiro atoms. The molecule has 2 heterocycles. The van der Waals surface area contributed by atoms with Crippen LogP contribution in [0.3, 0.4) is 0 Å². The first-order valence-corrected chi connectivity index (χ1v) is 7.92. The number of hydrogen-bond acceptors (Lipinski definition) is 5. The number of carbonyl (C=O) groups excluding carboxylic acids is 1. The lowest BCUT2D eigenvalue weighted by atomic mass is 10.2. The van der Waals surface area contributed by atoms with Crippen molar-refractivity contribution in [1.29, 1.82) is 0 Å². The third kappa shape index (κ3) is 2.81. The van der Waals surface area contributed by atoms with Gasteiger partial charge in [-0.2, -0.15) is 0 Å². The van der Waals surface area contributed by atoms with Crippen molar-refractivity contribution in [3.05, 3.63) is 30.3 Å². The van der Waals surface area contributed by atoms with E-state index in [9.17, 15) is 4.79 Å². The van der Waals surface area contributed by atoms with Gasteiger partial charge in [-0.3, -0.25) is 4.79 Å². The van der Waals surface area contributed by atoms with Gasteiger partial charge in [-0.05, 0) is 13.8 Å². The molecule has 1 aromatic heterocycles. The Morgan fingerprint density at radius 3 is 2.71 bits per heavy atom. The predicted molar refractivity (Wildman–Crippen MR) is 80.9 cm³/mol. The number of aromatic nitrogens is 3. The van der Waals surface area contributed by atoms with E-state index in [-0.39, 0.29) is 17.3 Å². The van der Waals surface area contributed by atoms with Crippen LogP contribution in [0, 0.1) is 0 Å². The molecule has 1 saturated heterocycles. The lowest BCUT2D eigenvalue weighted by molar-refractivity contribution is -0.140. The van der Waals surface area contributed by atoms with E-state index in [2.05, 4.69) is 17.1 Å². The lowest BCUT2D eigenvalue weighted by Gasteiger charge is -2.08. The minimum Gasteiger partial charge on any atom is -0.462 e. The van der Waals surface area contributed by atoms with E-state index in [1.165, 1.54) is 11.8 Å². The first-order valence-electron chi connectivity index (χ1n) is 7.04. The molecule has 0 unspecified atom stereocenters. The third-order valence-electron chi connectivity index (χ3n) is 3.44. The van der Waals surface area contributed by atoms with Gasteiger partial charge in [0.2, 0.25) is 0 Å². The summed E-state index contributed by atoms with van der Waals surface area (Å²) < 4.78 is 7.23. The molecule has 1 aliphatic rings. The smallest absolute Gasteiger partial charge is 0.319 e. The highest BCUT2D eigenvalue weighted by Crippen LogP contribution is 2.32. The van der Waals surface area contributed by atoms with Crippen molar-refractivity contribution < 1.29 is 9.53 Å². The van der Waals surface area contributed by atoms with Gasteiger partial charge in [0, 0.05) is 18.5 Å². The van der Waals surface area contributed by atoms with Gasteiger partial charge in [0.25, 0.3) is 0 Å². The van der Waals surface area contributed by atoms with Crippen molar-refractivity contribution >= 4 is 17.7 Å². The number of ether oxygens (including phenoxy) is 1. The van der Waals surface area contributed by atoms with Crippen LogP contribution in [0.25, 0.3) is 11.4 Å². The molecule has 110 valence electrons. The van der Waals surface area contributed by atoms with Crippen molar-refractivity contribution in [1.82, 2.24) is 14.8 Å². The van der Waals surface area contributed by atoms with E-state index < -0.39 is 0 Å². The summed E-state index contributed by atoms with van der Waals surface area (Å²) in [5, 5.41) is 9.13. The first kappa shape index (κ1) is 14.1. The fourth-order valence-corrected chi connectivity index (χ4v) is 3.61. The highest BCUT2D eigenvalue weighted by molar-refractivity contribution is 8.00. The van der Waals surface area contributed by atoms with E-state index in [0.29, 0.717) is 0 Å². The standard InChI is InChI=1S/C15H17N3O2S/c1-3-18-13(11-7-5-4-6-8-11)16-17-15(18)21-12-9-10(2)20-14(12)19/h4-8,10,12H,3,9H2,1-2H3/t10-,12-/m1/s1. The van der Waals surface area contributed by atoms with Crippen molar-refractivity contribution in [2.75, 3.05) is 0 Å². The molecule has 5 nitrogen and oxygen atoms in total. The van der Waals surface area contributed by atoms with Crippen LogP contribution in [-0.2, 0) is 16.1 Å². The molecule has 1 fully saturated rings. The number of carbonyl (C=O) groups is 1. The highest BCUT2D eigenvalue weighted by atomic mass is 32.2. The molecule has 0 radical (unpaired) electrons. The average Bonchev–Trinajstić information content (AvgIpc) is 3.03. The molecule has 0 bridgehead atoms. The first-order chi connectivity index (χ1) is 10.2. The monoisotopic (exact) mass is 303 g/mol. The number of nitrogens with zero attached hydrogens (tertiary/aromatic N) is 3. The summed E-state index contributed by atoms with van der Waals surface area (Å²) in [5.74, 6) is 0.680. The SMILES string of the molecule is CCn1c(S[C@@H]2C[C@@H](C)OC2=O)nnc1-c1ccccc1. The van der Waals surface area contributed by atoms with E-state index in [1.807, 2.05) is 41.8 Å². The van der Waals surface area contributed by atoms with Gasteiger partial charge >= 0.3 is 5.97 Å². The second kappa shape index (κ2) is 5.89. The summed E-state index contributed by atoms with van der Waals surface area (Å²) in [5.41, 5.74) is 1.03. The zero-order valence-electron chi connectivity index (χ0n) is 12.0. The van der Waals surface area contributed by atoms with Gasteiger partial charge in [-0.15, -0.1) is 10.2 Å². The zero-order chi connectivity index (χ0) is 14.8. The Hall–Kier alpha value is -1.82. The number of hydrogen-bond donors (Lipinski definition) is 0. The fourth-order valence-electron chi connectivity index (χ4n) is 2.41. The molecule has 1 aromatic carbocycles. The summed E-state index contributed by atoms with van der Waals surface area (Å²) in [6.45, 7) is 4.73. The quantitative estimate of drug-likeness (QED) is 0.813. The Morgan fingerprint density at radius 1 is 1.33 bits per heavy atom. The number of cyclic esters (lactones) is 1. The van der Waals surface area contributed by atoms with E-state index in [0.717, 1.165) is 29.5 Å². The van der Waals surface area contributed by atoms with Crippen LogP contribution in [0.4, 0.5) is 0 Å². The van der Waals surface area contributed by atoms with Gasteiger partial charge in [0.05, 0.1) is 0 Å². The summed E-state index contributed by atoms with van der Waals surface area (Å²) >= 11 is 1.44. The number of thioether (sulfide) groups is 1. The van der Waals surface area contributed by atoms with Crippen LogP contribution in [0.1, 0.15) is 20.3 Å². The molecule has 0 amide bonds. The molecular weight excluding hydrogens is 286 g/mol. The Labute approximate surface area is 127 Å². The van der Waals surface area contributed by atoms with Crippen LogP contribution in [0.15, 0.2) is 35.5 Å². The predicted octanol–water partition coefficient (Wildman–Crippen LogP) is 2.76. The number of rotatable bonds is 4. The molecule has 2 aromatic rings. The molecule has 6 heteroatoms. The summed E-state index contributed by atoms with van der Waals surface area (Å²) in [4.78, 5) is 11.8. The Morgan fingerprint density at radius 2 is 2.10 bits per heavy atom. The van der Waals surface area contributed by atoms with Crippen molar-refractivity contribution in [2.24, 2.45) is 0 Å². The summed E-state index contributed by atoms with van der Waals surface area (Å²) in [7, 11) is 0. The van der Waals surface area contributed by atoms with Crippen LogP contribution in [0.2, 0.25) is 0 Å². The zero-order valence-corrected chi connectivity index (χ0v) is 12.8. The topological polar surface area (TPSA) is 57.0 Å². The summed E-state index contributed by atoms with van der Waals surface area (Å²) in [6, 6.07) is 9.95. The second-order valence-electron chi connectivity index (χ2n) is 5.01. The normalized spacial score (nSPS) is 21.5. The fraction of sp³-hybridized carbons (Fsp3) is 0.400. The number of esters is 1. The van der Waals surface area contributed by atoms with Gasteiger partial charge in [0.1, 0.15) is 11.4 Å². The van der Waals surface area contributed by atoms with Gasteiger partial charge in [0.15, 0.2) is 11.0 Å². The largest absolute Gasteiger partial charge is 0.462 e. The Bertz CT molecular complexity index is 642. The molecule has 3 rings (SSSR count). The van der Waals surface area contributed by atoms with E-state index in [1.54, 1.807) is 0 Å². The molecule has 0 saturated carbocycles. The van der Waals surface area contributed by atoms with E-state index >= 15 is 0 Å². The van der Waals surface area contributed by atoms with Gasteiger partial charge in [-0.25, -0.2) is 0 Å².